The number of thiazole rings is 1. The molecule has 0 spiro atoms. The molecule has 0 aliphatic rings. The molecule has 126 valence electrons. The van der Waals surface area contributed by atoms with Crippen molar-refractivity contribution < 1.29 is 0 Å². The summed E-state index contributed by atoms with van der Waals surface area (Å²) in [5.41, 5.74) is 9.31. The third-order valence-corrected chi connectivity index (χ3v) is 4.41. The smallest absolute Gasteiger partial charge is 0.193 e. The van der Waals surface area contributed by atoms with Crippen molar-refractivity contribution >= 4 is 47.0 Å². The van der Waals surface area contributed by atoms with Crippen molar-refractivity contribution in [2.45, 2.75) is 39.5 Å². The minimum atomic E-state index is 0. The number of halogens is 1. The normalized spacial score (nSPS) is 11.1. The Kier molecular flexibility index (Phi) is 9.16. The Morgan fingerprint density at radius 3 is 2.61 bits per heavy atom. The van der Waals surface area contributed by atoms with Gasteiger partial charge in [0.2, 0.25) is 0 Å². The van der Waals surface area contributed by atoms with Gasteiger partial charge in [0.25, 0.3) is 0 Å². The minimum absolute atomic E-state index is 0. The van der Waals surface area contributed by atoms with Gasteiger partial charge in [-0.2, -0.15) is 0 Å². The molecule has 0 fully saturated rings. The van der Waals surface area contributed by atoms with E-state index in [1.807, 2.05) is 19.1 Å². The zero-order valence-corrected chi connectivity index (χ0v) is 16.9. The Balaban J connectivity index is 0.00000264. The second kappa shape index (κ2) is 10.6. The van der Waals surface area contributed by atoms with Crippen LogP contribution in [0.4, 0.5) is 5.69 Å². The summed E-state index contributed by atoms with van der Waals surface area (Å²) in [7, 11) is 0. The zero-order chi connectivity index (χ0) is 15.8. The number of aliphatic imine (C=N–C) groups is 1. The summed E-state index contributed by atoms with van der Waals surface area (Å²) in [5, 5.41) is 6.43. The Hall–Kier alpha value is -1.15. The van der Waals surface area contributed by atoms with Crippen molar-refractivity contribution in [3.8, 4) is 0 Å². The lowest BCUT2D eigenvalue weighted by molar-refractivity contribution is 0.741. The predicted molar refractivity (Wildman–Crippen MR) is 111 cm³/mol. The van der Waals surface area contributed by atoms with E-state index in [1.165, 1.54) is 10.6 Å². The van der Waals surface area contributed by atoms with Gasteiger partial charge in [-0.05, 0) is 50.3 Å². The maximum atomic E-state index is 5.90. The molecule has 0 bridgehead atoms. The maximum absolute atomic E-state index is 5.90. The van der Waals surface area contributed by atoms with Crippen LogP contribution in [-0.2, 0) is 12.8 Å². The molecule has 2 rings (SSSR count). The number of unbranched alkanes of at least 4 members (excludes halogenated alkanes) is 1. The number of rotatable bonds is 7. The molecule has 1 aromatic carbocycles. The standard InChI is InChI=1S/C17H24N4S.HI/c1-3-14-7-9-15(10-8-14)21-17(18)19-11-5-4-6-16-20-13(2)12-22-16;/h7-10,12H,3-6,11H2,1-2H3,(H3,18,19,21);1H. The van der Waals surface area contributed by atoms with E-state index in [0.717, 1.165) is 43.6 Å². The highest BCUT2D eigenvalue weighted by Gasteiger charge is 1.99. The number of guanidine groups is 1. The van der Waals surface area contributed by atoms with E-state index in [2.05, 4.69) is 39.7 Å². The summed E-state index contributed by atoms with van der Waals surface area (Å²) in [6.07, 6.45) is 4.19. The lowest BCUT2D eigenvalue weighted by Gasteiger charge is -2.06. The topological polar surface area (TPSA) is 63.3 Å². The van der Waals surface area contributed by atoms with Crippen LogP contribution < -0.4 is 11.1 Å². The molecule has 0 unspecified atom stereocenters. The van der Waals surface area contributed by atoms with Gasteiger partial charge in [0.15, 0.2) is 5.96 Å². The number of aryl methyl sites for hydroxylation is 3. The fraction of sp³-hybridized carbons (Fsp3) is 0.412. The SMILES string of the molecule is CCc1ccc(NC(N)=NCCCCc2nc(C)cs2)cc1.I. The van der Waals surface area contributed by atoms with Gasteiger partial charge in [-0.3, -0.25) is 4.99 Å². The Morgan fingerprint density at radius 1 is 1.26 bits per heavy atom. The molecule has 1 heterocycles. The summed E-state index contributed by atoms with van der Waals surface area (Å²) < 4.78 is 0. The first-order chi connectivity index (χ1) is 10.7. The van der Waals surface area contributed by atoms with Gasteiger partial charge in [0, 0.05) is 23.3 Å². The number of hydrogen-bond acceptors (Lipinski definition) is 3. The summed E-state index contributed by atoms with van der Waals surface area (Å²) in [5.74, 6) is 0.481. The molecular weight excluding hydrogens is 419 g/mol. The molecule has 0 aliphatic carbocycles. The number of nitrogens with two attached hydrogens (primary N) is 1. The van der Waals surface area contributed by atoms with Gasteiger partial charge in [0.05, 0.1) is 5.01 Å². The van der Waals surface area contributed by atoms with Crippen molar-refractivity contribution in [1.29, 1.82) is 0 Å². The Labute approximate surface area is 159 Å². The number of nitrogens with zero attached hydrogens (tertiary/aromatic N) is 2. The first-order valence-corrected chi connectivity index (χ1v) is 8.62. The lowest BCUT2D eigenvalue weighted by atomic mass is 10.1. The summed E-state index contributed by atoms with van der Waals surface area (Å²) in [6, 6.07) is 8.27. The van der Waals surface area contributed by atoms with Crippen LogP contribution in [0.3, 0.4) is 0 Å². The Bertz CT molecular complexity index is 607. The highest BCUT2D eigenvalue weighted by Crippen LogP contribution is 2.12. The Morgan fingerprint density at radius 2 is 2.00 bits per heavy atom. The molecule has 6 heteroatoms. The molecule has 0 saturated heterocycles. The number of benzene rings is 1. The first kappa shape index (κ1) is 19.9. The van der Waals surface area contributed by atoms with E-state index in [4.69, 9.17) is 5.73 Å². The van der Waals surface area contributed by atoms with Crippen LogP contribution in [0.15, 0.2) is 34.6 Å². The van der Waals surface area contributed by atoms with E-state index in [1.54, 1.807) is 11.3 Å². The van der Waals surface area contributed by atoms with E-state index in [0.29, 0.717) is 5.96 Å². The predicted octanol–water partition coefficient (Wildman–Crippen LogP) is 4.38. The van der Waals surface area contributed by atoms with Crippen LogP contribution in [0.2, 0.25) is 0 Å². The highest BCUT2D eigenvalue weighted by atomic mass is 127. The molecule has 0 radical (unpaired) electrons. The summed E-state index contributed by atoms with van der Waals surface area (Å²) in [4.78, 5) is 8.82. The van der Waals surface area contributed by atoms with E-state index >= 15 is 0 Å². The molecule has 2 aromatic rings. The minimum Gasteiger partial charge on any atom is -0.370 e. The quantitative estimate of drug-likeness (QED) is 0.288. The number of anilines is 1. The molecule has 1 aromatic heterocycles. The molecule has 3 N–H and O–H groups in total. The van der Waals surface area contributed by atoms with E-state index in [-0.39, 0.29) is 24.0 Å². The average molecular weight is 444 g/mol. The highest BCUT2D eigenvalue weighted by molar-refractivity contribution is 14.0. The summed E-state index contributed by atoms with van der Waals surface area (Å²) in [6.45, 7) is 4.92. The van der Waals surface area contributed by atoms with Crippen molar-refractivity contribution in [3.05, 3.63) is 45.9 Å². The summed E-state index contributed by atoms with van der Waals surface area (Å²) >= 11 is 1.73. The average Bonchev–Trinajstić information content (AvgIpc) is 2.93. The molecule has 0 saturated carbocycles. The fourth-order valence-electron chi connectivity index (χ4n) is 2.12. The molecule has 0 atom stereocenters. The van der Waals surface area contributed by atoms with Crippen molar-refractivity contribution in [1.82, 2.24) is 4.98 Å². The van der Waals surface area contributed by atoms with Gasteiger partial charge in [-0.25, -0.2) is 4.98 Å². The van der Waals surface area contributed by atoms with Crippen LogP contribution in [0.1, 0.15) is 36.0 Å². The van der Waals surface area contributed by atoms with Crippen molar-refractivity contribution in [2.75, 3.05) is 11.9 Å². The molecule has 23 heavy (non-hydrogen) atoms. The van der Waals surface area contributed by atoms with Crippen LogP contribution in [0.5, 0.6) is 0 Å². The molecule has 0 amide bonds. The number of hydrogen-bond donors (Lipinski definition) is 2. The fourth-order valence-corrected chi connectivity index (χ4v) is 2.93. The van der Waals surface area contributed by atoms with Gasteiger partial charge < -0.3 is 11.1 Å². The first-order valence-electron chi connectivity index (χ1n) is 7.74. The van der Waals surface area contributed by atoms with Crippen LogP contribution >= 0.6 is 35.3 Å². The van der Waals surface area contributed by atoms with Gasteiger partial charge in [-0.1, -0.05) is 19.1 Å². The number of aromatic nitrogens is 1. The van der Waals surface area contributed by atoms with Crippen LogP contribution in [-0.4, -0.2) is 17.5 Å². The van der Waals surface area contributed by atoms with Crippen molar-refractivity contribution in [2.24, 2.45) is 10.7 Å². The molecule has 0 aliphatic heterocycles. The lowest BCUT2D eigenvalue weighted by Crippen LogP contribution is -2.22. The van der Waals surface area contributed by atoms with Gasteiger partial charge >= 0.3 is 0 Å². The van der Waals surface area contributed by atoms with Crippen LogP contribution in [0.25, 0.3) is 0 Å². The van der Waals surface area contributed by atoms with E-state index in [9.17, 15) is 0 Å². The van der Waals surface area contributed by atoms with Crippen molar-refractivity contribution in [3.63, 3.8) is 0 Å². The third kappa shape index (κ3) is 7.30. The largest absolute Gasteiger partial charge is 0.370 e. The van der Waals surface area contributed by atoms with Gasteiger partial charge in [-0.15, -0.1) is 35.3 Å². The zero-order valence-electron chi connectivity index (χ0n) is 13.7. The maximum Gasteiger partial charge on any atom is 0.193 e. The van der Waals surface area contributed by atoms with E-state index < -0.39 is 0 Å². The second-order valence-electron chi connectivity index (χ2n) is 5.28. The molecular formula is C17H25IN4S. The van der Waals surface area contributed by atoms with Crippen LogP contribution in [0, 0.1) is 6.92 Å². The van der Waals surface area contributed by atoms with Gasteiger partial charge in [0.1, 0.15) is 0 Å². The monoisotopic (exact) mass is 444 g/mol. The third-order valence-electron chi connectivity index (χ3n) is 3.38. The number of nitrogens with one attached hydrogen (secondary N) is 1. The second-order valence-corrected chi connectivity index (χ2v) is 6.22. The molecule has 4 nitrogen and oxygen atoms in total.